The van der Waals surface area contributed by atoms with E-state index in [2.05, 4.69) is 5.32 Å². The Balaban J connectivity index is 1.98. The van der Waals surface area contributed by atoms with Crippen LogP contribution >= 0.6 is 0 Å². The fourth-order valence-corrected chi connectivity index (χ4v) is 2.12. The van der Waals surface area contributed by atoms with Gasteiger partial charge in [-0.05, 0) is 31.5 Å². The second kappa shape index (κ2) is 8.68. The summed E-state index contributed by atoms with van der Waals surface area (Å²) in [6.07, 6.45) is 0.862. The maximum atomic E-state index is 12.0. The summed E-state index contributed by atoms with van der Waals surface area (Å²) in [5.41, 5.74) is 0.833. The number of carbonyl (C=O) groups is 1. The van der Waals surface area contributed by atoms with Gasteiger partial charge >= 0.3 is 0 Å². The van der Waals surface area contributed by atoms with Crippen molar-refractivity contribution in [3.05, 3.63) is 58.1 Å². The molecule has 0 radical (unpaired) electrons. The van der Waals surface area contributed by atoms with Crippen LogP contribution in [0.2, 0.25) is 0 Å². The number of aryl methyl sites for hydroxylation is 1. The number of nitro benzene ring substituents is 1. The van der Waals surface area contributed by atoms with Gasteiger partial charge in [-0.15, -0.1) is 0 Å². The molecule has 2 rings (SSSR count). The maximum absolute atomic E-state index is 12.0. The highest BCUT2D eigenvalue weighted by atomic mass is 16.6. The second-order valence-corrected chi connectivity index (χ2v) is 5.39. The molecule has 0 saturated heterocycles. The summed E-state index contributed by atoms with van der Waals surface area (Å²) in [5, 5.41) is 13.5. The van der Waals surface area contributed by atoms with E-state index < -0.39 is 10.8 Å². The Hall–Kier alpha value is -3.09. The molecule has 0 saturated carbocycles. The minimum Gasteiger partial charge on any atom is -0.490 e. The molecule has 25 heavy (non-hydrogen) atoms. The van der Waals surface area contributed by atoms with Gasteiger partial charge in [0.25, 0.3) is 11.6 Å². The lowest BCUT2D eigenvalue weighted by atomic mass is 10.2. The summed E-state index contributed by atoms with van der Waals surface area (Å²) in [7, 11) is 0. The van der Waals surface area contributed by atoms with E-state index in [0.717, 1.165) is 6.42 Å². The molecule has 0 aromatic heterocycles. The van der Waals surface area contributed by atoms with Crippen LogP contribution in [0.1, 0.15) is 18.9 Å². The van der Waals surface area contributed by atoms with Gasteiger partial charge < -0.3 is 14.8 Å². The number of anilines is 1. The number of carbonyl (C=O) groups excluding carboxylic acids is 1. The summed E-state index contributed by atoms with van der Waals surface area (Å²) >= 11 is 0. The third-order valence-electron chi connectivity index (χ3n) is 3.36. The third kappa shape index (κ3) is 5.20. The lowest BCUT2D eigenvalue weighted by molar-refractivity contribution is -0.385. The lowest BCUT2D eigenvalue weighted by Gasteiger charge is -2.12. The van der Waals surface area contributed by atoms with Crippen LogP contribution in [0.4, 0.5) is 11.4 Å². The molecule has 0 spiro atoms. The molecule has 1 amide bonds. The molecule has 0 atom stereocenters. The van der Waals surface area contributed by atoms with Crippen LogP contribution in [0.15, 0.2) is 42.5 Å². The van der Waals surface area contributed by atoms with E-state index in [1.54, 1.807) is 37.3 Å². The topological polar surface area (TPSA) is 90.7 Å². The average Bonchev–Trinajstić information content (AvgIpc) is 2.60. The van der Waals surface area contributed by atoms with E-state index in [1.807, 2.05) is 13.0 Å². The molecule has 7 heteroatoms. The molecule has 0 unspecified atom stereocenters. The summed E-state index contributed by atoms with van der Waals surface area (Å²) < 4.78 is 11.1. The van der Waals surface area contributed by atoms with Crippen molar-refractivity contribution < 1.29 is 19.2 Å². The van der Waals surface area contributed by atoms with E-state index in [1.165, 1.54) is 6.07 Å². The number of hydrogen-bond acceptors (Lipinski definition) is 5. The SMILES string of the molecule is CCCOc1ccccc1OCC(=O)Nc1ccc(C)c([N+](=O)[O-])c1. The molecule has 0 aliphatic carbocycles. The van der Waals surface area contributed by atoms with Crippen LogP contribution < -0.4 is 14.8 Å². The quantitative estimate of drug-likeness (QED) is 0.582. The number of ether oxygens (including phenoxy) is 2. The highest BCUT2D eigenvalue weighted by Crippen LogP contribution is 2.26. The fourth-order valence-electron chi connectivity index (χ4n) is 2.12. The van der Waals surface area contributed by atoms with Crippen molar-refractivity contribution in [2.75, 3.05) is 18.5 Å². The number of amides is 1. The predicted molar refractivity (Wildman–Crippen MR) is 94.2 cm³/mol. The molecule has 1 N–H and O–H groups in total. The standard InChI is InChI=1S/C18H20N2O5/c1-3-10-24-16-6-4-5-7-17(16)25-12-18(21)19-14-9-8-13(2)15(11-14)20(22)23/h4-9,11H,3,10,12H2,1-2H3,(H,19,21). The van der Waals surface area contributed by atoms with Gasteiger partial charge in [-0.1, -0.05) is 25.1 Å². The molecule has 0 fully saturated rings. The Morgan fingerprint density at radius 3 is 2.48 bits per heavy atom. The van der Waals surface area contributed by atoms with E-state index in [0.29, 0.717) is 29.4 Å². The van der Waals surface area contributed by atoms with Crippen molar-refractivity contribution in [2.24, 2.45) is 0 Å². The smallest absolute Gasteiger partial charge is 0.274 e. The molecule has 0 aliphatic heterocycles. The van der Waals surface area contributed by atoms with E-state index in [-0.39, 0.29) is 12.3 Å². The van der Waals surface area contributed by atoms with Crippen molar-refractivity contribution in [1.82, 2.24) is 0 Å². The number of nitrogens with one attached hydrogen (secondary N) is 1. The van der Waals surface area contributed by atoms with Crippen molar-refractivity contribution in [1.29, 1.82) is 0 Å². The van der Waals surface area contributed by atoms with E-state index in [4.69, 9.17) is 9.47 Å². The van der Waals surface area contributed by atoms with Gasteiger partial charge in [0.15, 0.2) is 18.1 Å². The number of nitro groups is 1. The first kappa shape index (κ1) is 18.3. The molecule has 0 aliphatic rings. The molecule has 2 aromatic rings. The molecule has 0 heterocycles. The molecule has 2 aromatic carbocycles. The van der Waals surface area contributed by atoms with Crippen molar-refractivity contribution >= 4 is 17.3 Å². The number of hydrogen-bond donors (Lipinski definition) is 1. The van der Waals surface area contributed by atoms with Gasteiger partial charge in [0.2, 0.25) is 0 Å². The number of para-hydroxylation sites is 2. The first-order valence-electron chi connectivity index (χ1n) is 7.90. The minimum absolute atomic E-state index is 0.0444. The van der Waals surface area contributed by atoms with Crippen molar-refractivity contribution in [3.8, 4) is 11.5 Å². The fraction of sp³-hybridized carbons (Fsp3) is 0.278. The average molecular weight is 344 g/mol. The summed E-state index contributed by atoms with van der Waals surface area (Å²) in [4.78, 5) is 22.5. The maximum Gasteiger partial charge on any atom is 0.274 e. The zero-order valence-corrected chi connectivity index (χ0v) is 14.2. The largest absolute Gasteiger partial charge is 0.490 e. The van der Waals surface area contributed by atoms with Crippen LogP contribution in [0.25, 0.3) is 0 Å². The monoisotopic (exact) mass is 344 g/mol. The molecule has 7 nitrogen and oxygen atoms in total. The normalized spacial score (nSPS) is 10.2. The van der Waals surface area contributed by atoms with Gasteiger partial charge in [-0.25, -0.2) is 0 Å². The summed E-state index contributed by atoms with van der Waals surface area (Å²) in [6, 6.07) is 11.6. The minimum atomic E-state index is -0.483. The van der Waals surface area contributed by atoms with Gasteiger partial charge in [0.1, 0.15) is 0 Å². The molecular weight excluding hydrogens is 324 g/mol. The zero-order chi connectivity index (χ0) is 18.2. The highest BCUT2D eigenvalue weighted by Gasteiger charge is 2.13. The molecule has 132 valence electrons. The van der Waals surface area contributed by atoms with Gasteiger partial charge in [-0.2, -0.15) is 0 Å². The van der Waals surface area contributed by atoms with Crippen LogP contribution in [0.3, 0.4) is 0 Å². The van der Waals surface area contributed by atoms with E-state index in [9.17, 15) is 14.9 Å². The third-order valence-corrected chi connectivity index (χ3v) is 3.36. The first-order chi connectivity index (χ1) is 12.0. The summed E-state index contributed by atoms with van der Waals surface area (Å²) in [6.45, 7) is 3.96. The zero-order valence-electron chi connectivity index (χ0n) is 14.2. The Labute approximate surface area is 145 Å². The van der Waals surface area contributed by atoms with Gasteiger partial charge in [-0.3, -0.25) is 14.9 Å². The second-order valence-electron chi connectivity index (χ2n) is 5.39. The van der Waals surface area contributed by atoms with E-state index >= 15 is 0 Å². The lowest BCUT2D eigenvalue weighted by Crippen LogP contribution is -2.20. The van der Waals surface area contributed by atoms with Crippen LogP contribution in [0, 0.1) is 17.0 Å². The number of benzene rings is 2. The van der Waals surface area contributed by atoms with Crippen molar-refractivity contribution in [3.63, 3.8) is 0 Å². The van der Waals surface area contributed by atoms with Gasteiger partial charge in [0, 0.05) is 17.3 Å². The van der Waals surface area contributed by atoms with Gasteiger partial charge in [0.05, 0.1) is 11.5 Å². The van der Waals surface area contributed by atoms with Crippen LogP contribution in [-0.2, 0) is 4.79 Å². The first-order valence-corrected chi connectivity index (χ1v) is 7.90. The summed E-state index contributed by atoms with van der Waals surface area (Å²) in [5.74, 6) is 0.632. The Bertz CT molecular complexity index is 761. The Kier molecular flexibility index (Phi) is 6.33. The number of nitrogens with zero attached hydrogens (tertiary/aromatic N) is 1. The Morgan fingerprint density at radius 1 is 1.16 bits per heavy atom. The van der Waals surface area contributed by atoms with Crippen LogP contribution in [0.5, 0.6) is 11.5 Å². The number of rotatable bonds is 8. The highest BCUT2D eigenvalue weighted by molar-refractivity contribution is 5.92. The molecular formula is C18H20N2O5. The Morgan fingerprint density at radius 2 is 1.84 bits per heavy atom. The van der Waals surface area contributed by atoms with Crippen molar-refractivity contribution in [2.45, 2.75) is 20.3 Å². The van der Waals surface area contributed by atoms with Crippen LogP contribution in [-0.4, -0.2) is 24.0 Å². The molecule has 0 bridgehead atoms. The predicted octanol–water partition coefficient (Wildman–Crippen LogP) is 3.71.